The Morgan fingerprint density at radius 1 is 1.33 bits per heavy atom. The van der Waals surface area contributed by atoms with Crippen LogP contribution in [0.1, 0.15) is 5.56 Å². The van der Waals surface area contributed by atoms with Gasteiger partial charge in [0.15, 0.2) is 0 Å². The molecule has 1 aromatic carbocycles. The molecule has 1 aromatic heterocycles. The van der Waals surface area contributed by atoms with Crippen molar-refractivity contribution in [3.63, 3.8) is 0 Å². The Morgan fingerprint density at radius 2 is 2.06 bits per heavy atom. The Labute approximate surface area is 109 Å². The van der Waals surface area contributed by atoms with Gasteiger partial charge in [-0.25, -0.2) is 9.36 Å². The molecule has 0 aliphatic carbocycles. The van der Waals surface area contributed by atoms with E-state index in [9.17, 15) is 14.7 Å². The van der Waals surface area contributed by atoms with E-state index in [0.717, 1.165) is 10.6 Å². The number of nitrogens with one attached hydrogen (secondary N) is 1. The van der Waals surface area contributed by atoms with Gasteiger partial charge in [0.05, 0.1) is 17.3 Å². The number of aromatic amines is 1. The minimum Gasteiger partial charge on any atom is -0.494 e. The molecule has 90 valence electrons. The summed E-state index contributed by atoms with van der Waals surface area (Å²) in [5.74, 6) is -0.529. The molecule has 7 heteroatoms. The lowest BCUT2D eigenvalue weighted by molar-refractivity contribution is 0.431. The van der Waals surface area contributed by atoms with Gasteiger partial charge in [-0.2, -0.15) is 5.26 Å². The van der Waals surface area contributed by atoms with Crippen LogP contribution in [0, 0.1) is 11.3 Å². The summed E-state index contributed by atoms with van der Waals surface area (Å²) in [4.78, 5) is 24.7. The van der Waals surface area contributed by atoms with E-state index in [-0.39, 0.29) is 11.3 Å². The largest absolute Gasteiger partial charge is 0.494 e. The maximum atomic E-state index is 11.7. The van der Waals surface area contributed by atoms with E-state index in [4.69, 9.17) is 5.26 Å². The average Bonchev–Trinajstić information content (AvgIpc) is 2.28. The van der Waals surface area contributed by atoms with Gasteiger partial charge in [0.2, 0.25) is 5.88 Å². The molecular weight excluding hydrogens is 302 g/mol. The van der Waals surface area contributed by atoms with Gasteiger partial charge in [-0.15, -0.1) is 0 Å². The van der Waals surface area contributed by atoms with Crippen molar-refractivity contribution in [3.05, 3.63) is 55.1 Å². The van der Waals surface area contributed by atoms with E-state index >= 15 is 0 Å². The monoisotopic (exact) mass is 307 g/mol. The second-order valence-corrected chi connectivity index (χ2v) is 4.32. The number of H-pyrrole nitrogens is 1. The molecule has 0 unspecified atom stereocenters. The van der Waals surface area contributed by atoms with Crippen LogP contribution in [-0.4, -0.2) is 14.7 Å². The Hall–Kier alpha value is -2.33. The molecule has 0 bridgehead atoms. The molecule has 2 aromatic rings. The topological polar surface area (TPSA) is 98.9 Å². The van der Waals surface area contributed by atoms with E-state index in [0.29, 0.717) is 4.47 Å². The standard InChI is InChI=1S/C11H6BrN3O3/c12-7-2-1-6(5-13)8(3-7)15-10(17)4-9(16)14-11(15)18/h1-4,17H,(H,14,16,18). The highest BCUT2D eigenvalue weighted by Crippen LogP contribution is 2.21. The van der Waals surface area contributed by atoms with Crippen LogP contribution in [0.15, 0.2) is 38.3 Å². The van der Waals surface area contributed by atoms with Crippen molar-refractivity contribution < 1.29 is 5.11 Å². The highest BCUT2D eigenvalue weighted by Gasteiger charge is 2.11. The van der Waals surface area contributed by atoms with Crippen molar-refractivity contribution in [2.75, 3.05) is 0 Å². The predicted octanol–water partition coefficient (Wildman–Crippen LogP) is 0.866. The second-order valence-electron chi connectivity index (χ2n) is 3.41. The van der Waals surface area contributed by atoms with Gasteiger partial charge in [-0.05, 0) is 18.2 Å². The van der Waals surface area contributed by atoms with Gasteiger partial charge >= 0.3 is 5.69 Å². The molecule has 0 aliphatic heterocycles. The zero-order valence-electron chi connectivity index (χ0n) is 8.85. The summed E-state index contributed by atoms with van der Waals surface area (Å²) in [6, 6.07) is 7.40. The molecule has 18 heavy (non-hydrogen) atoms. The van der Waals surface area contributed by atoms with Crippen molar-refractivity contribution in [3.8, 4) is 17.6 Å². The fourth-order valence-electron chi connectivity index (χ4n) is 1.50. The smallest absolute Gasteiger partial charge is 0.335 e. The van der Waals surface area contributed by atoms with E-state index in [1.54, 1.807) is 6.07 Å². The van der Waals surface area contributed by atoms with Gasteiger partial charge in [0.1, 0.15) is 6.07 Å². The first-order chi connectivity index (χ1) is 8.52. The fraction of sp³-hybridized carbons (Fsp3) is 0. The van der Waals surface area contributed by atoms with Gasteiger partial charge in [-0.3, -0.25) is 9.78 Å². The lowest BCUT2D eigenvalue weighted by Crippen LogP contribution is -2.28. The molecule has 0 aliphatic rings. The number of nitrogens with zero attached hydrogens (tertiary/aromatic N) is 2. The first kappa shape index (κ1) is 12.1. The molecule has 0 saturated heterocycles. The van der Waals surface area contributed by atoms with Gasteiger partial charge in [0, 0.05) is 4.47 Å². The molecule has 0 spiro atoms. The maximum Gasteiger partial charge on any atom is 0.335 e. The zero-order valence-corrected chi connectivity index (χ0v) is 10.4. The molecule has 6 nitrogen and oxygen atoms in total. The molecule has 0 fully saturated rings. The lowest BCUT2D eigenvalue weighted by atomic mass is 10.2. The van der Waals surface area contributed by atoms with Gasteiger partial charge in [-0.1, -0.05) is 15.9 Å². The SMILES string of the molecule is N#Cc1ccc(Br)cc1-n1c(O)cc(=O)[nH]c1=O. The minimum atomic E-state index is -0.811. The molecule has 0 saturated carbocycles. The van der Waals surface area contributed by atoms with Crippen LogP contribution in [-0.2, 0) is 0 Å². The van der Waals surface area contributed by atoms with E-state index in [1.165, 1.54) is 12.1 Å². The normalized spacial score (nSPS) is 10.0. The molecule has 0 radical (unpaired) electrons. The Kier molecular flexibility index (Phi) is 3.04. The third-order valence-electron chi connectivity index (χ3n) is 2.24. The van der Waals surface area contributed by atoms with Crippen molar-refractivity contribution in [2.24, 2.45) is 0 Å². The van der Waals surface area contributed by atoms with Crippen LogP contribution in [0.4, 0.5) is 0 Å². The molecule has 2 rings (SSSR count). The third kappa shape index (κ3) is 2.06. The van der Waals surface area contributed by atoms with Crippen LogP contribution in [0.25, 0.3) is 5.69 Å². The zero-order chi connectivity index (χ0) is 13.3. The van der Waals surface area contributed by atoms with E-state index in [1.807, 2.05) is 11.1 Å². The average molecular weight is 308 g/mol. The maximum absolute atomic E-state index is 11.7. The summed E-state index contributed by atoms with van der Waals surface area (Å²) in [5, 5.41) is 18.6. The Morgan fingerprint density at radius 3 is 2.67 bits per heavy atom. The molecule has 0 amide bonds. The number of aromatic hydroxyl groups is 1. The van der Waals surface area contributed by atoms with Crippen LogP contribution in [0.5, 0.6) is 5.88 Å². The minimum absolute atomic E-state index is 0.186. The molecule has 0 atom stereocenters. The summed E-state index contributed by atoms with van der Waals surface area (Å²) in [5.41, 5.74) is -1.13. The number of benzene rings is 1. The van der Waals surface area contributed by atoms with Crippen molar-refractivity contribution in [1.29, 1.82) is 5.26 Å². The van der Waals surface area contributed by atoms with Crippen LogP contribution in [0.2, 0.25) is 0 Å². The first-order valence-corrected chi connectivity index (χ1v) is 5.57. The number of aromatic nitrogens is 2. The molecule has 1 heterocycles. The number of hydrogen-bond acceptors (Lipinski definition) is 4. The molecular formula is C11H6BrN3O3. The number of rotatable bonds is 1. The van der Waals surface area contributed by atoms with Crippen molar-refractivity contribution in [2.45, 2.75) is 0 Å². The Balaban J connectivity index is 2.86. The number of halogens is 1. The van der Waals surface area contributed by atoms with Crippen LogP contribution in [0.3, 0.4) is 0 Å². The van der Waals surface area contributed by atoms with Gasteiger partial charge < -0.3 is 5.11 Å². The summed E-state index contributed by atoms with van der Waals surface area (Å²) in [7, 11) is 0. The molecule has 2 N–H and O–H groups in total. The van der Waals surface area contributed by atoms with Crippen molar-refractivity contribution >= 4 is 15.9 Å². The predicted molar refractivity (Wildman–Crippen MR) is 66.7 cm³/mol. The van der Waals surface area contributed by atoms with Crippen LogP contribution < -0.4 is 11.2 Å². The first-order valence-electron chi connectivity index (χ1n) is 4.78. The van der Waals surface area contributed by atoms with Gasteiger partial charge in [0.25, 0.3) is 5.56 Å². The number of nitriles is 1. The summed E-state index contributed by atoms with van der Waals surface area (Å²) in [6.07, 6.45) is 0. The highest BCUT2D eigenvalue weighted by molar-refractivity contribution is 9.10. The van der Waals surface area contributed by atoms with E-state index < -0.39 is 17.1 Å². The Bertz CT molecular complexity index is 770. The third-order valence-corrected chi connectivity index (χ3v) is 2.74. The summed E-state index contributed by atoms with van der Waals surface area (Å²) >= 11 is 3.21. The highest BCUT2D eigenvalue weighted by atomic mass is 79.9. The lowest BCUT2D eigenvalue weighted by Gasteiger charge is -2.09. The second kappa shape index (κ2) is 4.50. The fourth-order valence-corrected chi connectivity index (χ4v) is 1.85. The number of hydrogen-bond donors (Lipinski definition) is 2. The summed E-state index contributed by atoms with van der Waals surface area (Å²) in [6.45, 7) is 0. The van der Waals surface area contributed by atoms with E-state index in [2.05, 4.69) is 15.9 Å². The van der Waals surface area contributed by atoms with Crippen LogP contribution >= 0.6 is 15.9 Å². The quantitative estimate of drug-likeness (QED) is 0.816. The summed E-state index contributed by atoms with van der Waals surface area (Å²) < 4.78 is 1.49. The van der Waals surface area contributed by atoms with Crippen molar-refractivity contribution in [1.82, 2.24) is 9.55 Å².